The van der Waals surface area contributed by atoms with E-state index in [9.17, 15) is 4.79 Å². The quantitative estimate of drug-likeness (QED) is 0.475. The maximum Gasteiger partial charge on any atom is 0.335 e. The van der Waals surface area contributed by atoms with Crippen LogP contribution in [0.4, 0.5) is 0 Å². The molecule has 0 N–H and O–H groups in total. The van der Waals surface area contributed by atoms with Crippen molar-refractivity contribution in [2.45, 2.75) is 19.8 Å². The van der Waals surface area contributed by atoms with Crippen LogP contribution in [0, 0.1) is 0 Å². The number of carbonyl (C=O) groups is 1. The van der Waals surface area contributed by atoms with Crippen molar-refractivity contribution < 1.29 is 14.0 Å². The summed E-state index contributed by atoms with van der Waals surface area (Å²) in [6.07, 6.45) is 2.58. The minimum absolute atomic E-state index is 0.329. The fourth-order valence-corrected chi connectivity index (χ4v) is 1.73. The van der Waals surface area contributed by atoms with Crippen LogP contribution in [0.2, 0.25) is 5.02 Å². The second-order valence-corrected chi connectivity index (χ2v) is 4.57. The normalized spacial score (nSPS) is 11.4. The predicted octanol–water partition coefficient (Wildman–Crippen LogP) is 4.03. The van der Waals surface area contributed by atoms with Crippen LogP contribution >= 0.6 is 11.6 Å². The lowest BCUT2D eigenvalue weighted by Crippen LogP contribution is -2.06. The number of oxime groups is 1. The molecule has 2 aromatic rings. The third kappa shape index (κ3) is 3.71. The Bertz CT molecular complexity index is 588. The molecule has 0 saturated heterocycles. The second kappa shape index (κ2) is 6.91. The molecule has 0 radical (unpaired) electrons. The molecule has 2 rings (SSSR count). The molecule has 1 heterocycles. The van der Waals surface area contributed by atoms with Gasteiger partial charge in [0.05, 0.1) is 6.26 Å². The van der Waals surface area contributed by atoms with Crippen LogP contribution in [0.5, 0.6) is 0 Å². The highest BCUT2D eigenvalue weighted by molar-refractivity contribution is 6.30. The van der Waals surface area contributed by atoms with E-state index in [1.165, 1.54) is 6.26 Å². The molecule has 0 fully saturated rings. The molecule has 1 aromatic carbocycles. The number of rotatable bonds is 5. The van der Waals surface area contributed by atoms with Crippen molar-refractivity contribution >= 4 is 23.3 Å². The summed E-state index contributed by atoms with van der Waals surface area (Å²) >= 11 is 5.86. The van der Waals surface area contributed by atoms with Gasteiger partial charge < -0.3 is 9.25 Å². The van der Waals surface area contributed by atoms with Crippen LogP contribution in [0.3, 0.4) is 0 Å². The molecule has 0 unspecified atom stereocenters. The number of carbonyl (C=O) groups excluding carboxylic acids is 1. The number of furan rings is 1. The second-order valence-electron chi connectivity index (χ2n) is 4.14. The van der Waals surface area contributed by atoms with Gasteiger partial charge in [-0.25, -0.2) is 4.79 Å². The largest absolute Gasteiger partial charge is 0.463 e. The minimum Gasteiger partial charge on any atom is -0.463 e. The molecule has 0 amide bonds. The third-order valence-electron chi connectivity index (χ3n) is 2.57. The lowest BCUT2D eigenvalue weighted by Gasteiger charge is -2.04. The molecular weight excluding hydrogens is 278 g/mol. The Morgan fingerprint density at radius 2 is 2.05 bits per heavy atom. The Balaban J connectivity index is 2.28. The van der Waals surface area contributed by atoms with Crippen molar-refractivity contribution in [3.63, 3.8) is 0 Å². The molecule has 1 aromatic heterocycles. The van der Waals surface area contributed by atoms with Gasteiger partial charge in [-0.2, -0.15) is 0 Å². The van der Waals surface area contributed by atoms with Crippen LogP contribution in [0.15, 0.2) is 52.2 Å². The topological polar surface area (TPSA) is 51.8 Å². The van der Waals surface area contributed by atoms with E-state index < -0.39 is 0 Å². The average Bonchev–Trinajstić information content (AvgIpc) is 2.95. The van der Waals surface area contributed by atoms with E-state index in [4.69, 9.17) is 20.9 Å². The van der Waals surface area contributed by atoms with E-state index in [-0.39, 0.29) is 5.97 Å². The van der Waals surface area contributed by atoms with E-state index in [2.05, 4.69) is 5.16 Å². The lowest BCUT2D eigenvalue weighted by molar-refractivity contribution is -0.143. The van der Waals surface area contributed by atoms with E-state index in [1.54, 1.807) is 36.4 Å². The molecule has 20 heavy (non-hydrogen) atoms. The zero-order chi connectivity index (χ0) is 14.4. The fourth-order valence-electron chi connectivity index (χ4n) is 1.61. The number of hydrogen-bond acceptors (Lipinski definition) is 4. The smallest absolute Gasteiger partial charge is 0.335 e. The van der Waals surface area contributed by atoms with Gasteiger partial charge in [-0.05, 0) is 30.7 Å². The Kier molecular flexibility index (Phi) is 4.96. The summed E-state index contributed by atoms with van der Waals surface area (Å²) in [5.74, 6) is 0.155. The van der Waals surface area contributed by atoms with Gasteiger partial charge in [0.25, 0.3) is 0 Å². The van der Waals surface area contributed by atoms with Gasteiger partial charge >= 0.3 is 5.97 Å². The highest BCUT2D eigenvalue weighted by Gasteiger charge is 2.12. The van der Waals surface area contributed by atoms with Gasteiger partial charge in [0, 0.05) is 17.0 Å². The van der Waals surface area contributed by atoms with Crippen molar-refractivity contribution in [2.75, 3.05) is 0 Å². The van der Waals surface area contributed by atoms with Crippen LogP contribution < -0.4 is 0 Å². The van der Waals surface area contributed by atoms with Crippen molar-refractivity contribution in [1.82, 2.24) is 0 Å². The van der Waals surface area contributed by atoms with Crippen LogP contribution in [0.25, 0.3) is 0 Å². The number of nitrogens with zero attached hydrogens (tertiary/aromatic N) is 1. The van der Waals surface area contributed by atoms with E-state index in [1.807, 2.05) is 6.92 Å². The highest BCUT2D eigenvalue weighted by atomic mass is 35.5. The monoisotopic (exact) mass is 291 g/mol. The molecule has 0 aliphatic rings. The lowest BCUT2D eigenvalue weighted by atomic mass is 10.1. The van der Waals surface area contributed by atoms with Crippen LogP contribution in [-0.4, -0.2) is 11.7 Å². The molecular formula is C15H14ClNO3. The van der Waals surface area contributed by atoms with Crippen LogP contribution in [0.1, 0.15) is 31.1 Å². The first-order valence-electron chi connectivity index (χ1n) is 6.28. The summed E-state index contributed by atoms with van der Waals surface area (Å²) in [5.41, 5.74) is 1.21. The number of halogens is 1. The highest BCUT2D eigenvalue weighted by Crippen LogP contribution is 2.15. The summed E-state index contributed by atoms with van der Waals surface area (Å²) in [4.78, 5) is 16.3. The van der Waals surface area contributed by atoms with Gasteiger partial charge in [0.15, 0.2) is 11.5 Å². The first-order chi connectivity index (χ1) is 9.70. The molecule has 0 saturated carbocycles. The summed E-state index contributed by atoms with van der Waals surface area (Å²) < 4.78 is 5.32. The van der Waals surface area contributed by atoms with Crippen molar-refractivity contribution in [3.8, 4) is 0 Å². The Morgan fingerprint density at radius 3 is 2.65 bits per heavy atom. The molecule has 4 nitrogen and oxygen atoms in total. The van der Waals surface area contributed by atoms with E-state index in [0.717, 1.165) is 5.56 Å². The van der Waals surface area contributed by atoms with E-state index in [0.29, 0.717) is 29.3 Å². The van der Waals surface area contributed by atoms with Gasteiger partial charge in [-0.3, -0.25) is 0 Å². The molecule has 0 aliphatic carbocycles. The van der Waals surface area contributed by atoms with Gasteiger partial charge in [-0.1, -0.05) is 35.8 Å². The maximum absolute atomic E-state index is 11.4. The summed E-state index contributed by atoms with van der Waals surface area (Å²) in [5, 5.41) is 4.54. The fraction of sp³-hybridized carbons (Fsp3) is 0.200. The number of hydrogen-bond donors (Lipinski definition) is 0. The van der Waals surface area contributed by atoms with Crippen LogP contribution in [-0.2, 0) is 9.63 Å². The maximum atomic E-state index is 11.4. The summed E-state index contributed by atoms with van der Waals surface area (Å²) in [6.45, 7) is 1.90. The molecule has 0 aliphatic heterocycles. The van der Waals surface area contributed by atoms with Crippen molar-refractivity contribution in [1.29, 1.82) is 0 Å². The van der Waals surface area contributed by atoms with E-state index >= 15 is 0 Å². The molecule has 0 atom stereocenters. The first-order valence-corrected chi connectivity index (χ1v) is 6.66. The molecule has 0 spiro atoms. The Hall–Kier alpha value is -2.07. The third-order valence-corrected chi connectivity index (χ3v) is 2.82. The molecule has 104 valence electrons. The summed E-state index contributed by atoms with van der Waals surface area (Å²) in [6, 6.07) is 10.6. The SMILES string of the molecule is CCCC(=O)O/N=C(\c1ccc(Cl)cc1)c1ccco1. The van der Waals surface area contributed by atoms with Crippen molar-refractivity contribution in [2.24, 2.45) is 5.16 Å². The first kappa shape index (κ1) is 14.3. The Labute approximate surface area is 122 Å². The zero-order valence-corrected chi connectivity index (χ0v) is 11.8. The van der Waals surface area contributed by atoms with Gasteiger partial charge in [0.1, 0.15) is 0 Å². The standard InChI is InChI=1S/C15H14ClNO3/c1-2-4-14(18)20-17-15(13-5-3-10-19-13)11-6-8-12(16)9-7-11/h3,5-10H,2,4H2,1H3/b17-15+. The predicted molar refractivity (Wildman–Crippen MR) is 76.8 cm³/mol. The summed E-state index contributed by atoms with van der Waals surface area (Å²) in [7, 11) is 0. The average molecular weight is 292 g/mol. The molecule has 5 heteroatoms. The minimum atomic E-state index is -0.370. The number of benzene rings is 1. The molecule has 0 bridgehead atoms. The van der Waals surface area contributed by atoms with Gasteiger partial charge in [0.2, 0.25) is 0 Å². The van der Waals surface area contributed by atoms with Gasteiger partial charge in [-0.15, -0.1) is 0 Å². The zero-order valence-electron chi connectivity index (χ0n) is 11.0. The van der Waals surface area contributed by atoms with Crippen molar-refractivity contribution in [3.05, 3.63) is 59.0 Å². The Morgan fingerprint density at radius 1 is 1.30 bits per heavy atom.